The molecule has 0 radical (unpaired) electrons. The summed E-state index contributed by atoms with van der Waals surface area (Å²) < 4.78 is 0. The van der Waals surface area contributed by atoms with Gasteiger partial charge in [0.1, 0.15) is 0 Å². The second-order valence-corrected chi connectivity index (χ2v) is 6.58. The highest BCUT2D eigenvalue weighted by molar-refractivity contribution is 9.09. The fraction of sp³-hybridized carbons (Fsp3) is 0.250. The van der Waals surface area contributed by atoms with Crippen molar-refractivity contribution in [2.45, 2.75) is 25.6 Å². The molecule has 19 heavy (non-hydrogen) atoms. The lowest BCUT2D eigenvalue weighted by Gasteiger charge is -2.17. The molecule has 0 spiro atoms. The van der Waals surface area contributed by atoms with Crippen molar-refractivity contribution in [3.05, 3.63) is 68.2 Å². The lowest BCUT2D eigenvalue weighted by Crippen LogP contribution is -1.98. The van der Waals surface area contributed by atoms with Gasteiger partial charge in [0.25, 0.3) is 0 Å². The average Bonchev–Trinajstić information content (AvgIpc) is 2.33. The molecular formula is C16H15BrCl2. The standard InChI is InChI=1S/C16H15BrCl2/c1-9-7-14(15(19)8-10(9)2)16(17)13-5-4-12(18)6-11(13)3/h4-8,16H,1-3H3. The molecule has 0 amide bonds. The van der Waals surface area contributed by atoms with E-state index in [1.807, 2.05) is 24.3 Å². The molecule has 0 saturated heterocycles. The molecule has 1 atom stereocenters. The van der Waals surface area contributed by atoms with Gasteiger partial charge in [0.2, 0.25) is 0 Å². The van der Waals surface area contributed by atoms with E-state index in [1.54, 1.807) is 0 Å². The topological polar surface area (TPSA) is 0 Å². The molecule has 100 valence electrons. The molecule has 0 nitrogen and oxygen atoms in total. The van der Waals surface area contributed by atoms with Crippen LogP contribution in [0.2, 0.25) is 10.0 Å². The second kappa shape index (κ2) is 5.87. The van der Waals surface area contributed by atoms with Gasteiger partial charge < -0.3 is 0 Å². The maximum atomic E-state index is 6.37. The van der Waals surface area contributed by atoms with E-state index in [4.69, 9.17) is 23.2 Å². The fourth-order valence-corrected chi connectivity index (χ4v) is 3.67. The molecular weight excluding hydrogens is 343 g/mol. The van der Waals surface area contributed by atoms with Crippen molar-refractivity contribution in [1.82, 2.24) is 0 Å². The summed E-state index contributed by atoms with van der Waals surface area (Å²) in [5, 5.41) is 1.55. The minimum absolute atomic E-state index is 0.0802. The van der Waals surface area contributed by atoms with Crippen LogP contribution in [0, 0.1) is 20.8 Å². The van der Waals surface area contributed by atoms with E-state index in [2.05, 4.69) is 42.8 Å². The molecule has 0 aliphatic heterocycles. The van der Waals surface area contributed by atoms with E-state index in [-0.39, 0.29) is 4.83 Å². The first-order chi connectivity index (χ1) is 8.90. The Morgan fingerprint density at radius 3 is 2.11 bits per heavy atom. The zero-order chi connectivity index (χ0) is 14.2. The van der Waals surface area contributed by atoms with E-state index in [0.717, 1.165) is 21.2 Å². The largest absolute Gasteiger partial charge is 0.0843 e. The van der Waals surface area contributed by atoms with Crippen LogP contribution >= 0.6 is 39.1 Å². The van der Waals surface area contributed by atoms with Crippen LogP contribution in [0.4, 0.5) is 0 Å². The first-order valence-corrected chi connectivity index (χ1v) is 7.74. The predicted octanol–water partition coefficient (Wildman–Crippen LogP) is 6.40. The Morgan fingerprint density at radius 1 is 0.842 bits per heavy atom. The van der Waals surface area contributed by atoms with Crippen molar-refractivity contribution >= 4 is 39.1 Å². The minimum Gasteiger partial charge on any atom is -0.0843 e. The summed E-state index contributed by atoms with van der Waals surface area (Å²) in [6.45, 7) is 6.23. The summed E-state index contributed by atoms with van der Waals surface area (Å²) in [7, 11) is 0. The molecule has 0 aliphatic carbocycles. The normalized spacial score (nSPS) is 12.5. The Labute approximate surface area is 132 Å². The molecule has 0 heterocycles. The average molecular weight is 358 g/mol. The van der Waals surface area contributed by atoms with E-state index in [9.17, 15) is 0 Å². The van der Waals surface area contributed by atoms with Gasteiger partial charge in [0, 0.05) is 10.0 Å². The van der Waals surface area contributed by atoms with Gasteiger partial charge in [-0.3, -0.25) is 0 Å². The monoisotopic (exact) mass is 356 g/mol. The maximum absolute atomic E-state index is 6.37. The summed E-state index contributed by atoms with van der Waals surface area (Å²) in [5.41, 5.74) is 5.89. The molecule has 0 bridgehead atoms. The zero-order valence-corrected chi connectivity index (χ0v) is 14.2. The lowest BCUT2D eigenvalue weighted by atomic mass is 9.97. The van der Waals surface area contributed by atoms with Crippen molar-refractivity contribution in [1.29, 1.82) is 0 Å². The molecule has 0 saturated carbocycles. The van der Waals surface area contributed by atoms with Gasteiger partial charge in [0.05, 0.1) is 4.83 Å². The highest BCUT2D eigenvalue weighted by Crippen LogP contribution is 2.38. The van der Waals surface area contributed by atoms with E-state index < -0.39 is 0 Å². The molecule has 1 unspecified atom stereocenters. The highest BCUT2D eigenvalue weighted by Gasteiger charge is 2.16. The third kappa shape index (κ3) is 3.16. The molecule has 0 aliphatic rings. The number of hydrogen-bond acceptors (Lipinski definition) is 0. The summed E-state index contributed by atoms with van der Waals surface area (Å²) >= 11 is 16.1. The van der Waals surface area contributed by atoms with Gasteiger partial charge in [-0.05, 0) is 66.8 Å². The van der Waals surface area contributed by atoms with Crippen LogP contribution < -0.4 is 0 Å². The number of aryl methyl sites for hydroxylation is 3. The molecule has 3 heteroatoms. The SMILES string of the molecule is Cc1cc(Cl)c(C(Br)c2ccc(Cl)cc2C)cc1C. The number of rotatable bonds is 2. The number of alkyl halides is 1. The zero-order valence-electron chi connectivity index (χ0n) is 11.1. The highest BCUT2D eigenvalue weighted by atomic mass is 79.9. The van der Waals surface area contributed by atoms with E-state index >= 15 is 0 Å². The van der Waals surface area contributed by atoms with Crippen LogP contribution in [0.1, 0.15) is 32.6 Å². The van der Waals surface area contributed by atoms with Crippen LogP contribution in [-0.4, -0.2) is 0 Å². The van der Waals surface area contributed by atoms with Crippen molar-refractivity contribution < 1.29 is 0 Å². The third-order valence-electron chi connectivity index (χ3n) is 3.39. The Balaban J connectivity index is 2.49. The van der Waals surface area contributed by atoms with Crippen LogP contribution in [0.15, 0.2) is 30.3 Å². The smallest absolute Gasteiger partial charge is 0.0661 e. The van der Waals surface area contributed by atoms with Gasteiger partial charge in [-0.2, -0.15) is 0 Å². The van der Waals surface area contributed by atoms with Crippen molar-refractivity contribution in [3.8, 4) is 0 Å². The second-order valence-electron chi connectivity index (χ2n) is 4.82. The van der Waals surface area contributed by atoms with Crippen molar-refractivity contribution in [3.63, 3.8) is 0 Å². The van der Waals surface area contributed by atoms with Crippen molar-refractivity contribution in [2.24, 2.45) is 0 Å². The Hall–Kier alpha value is -0.500. The van der Waals surface area contributed by atoms with Gasteiger partial charge in [-0.15, -0.1) is 0 Å². The first-order valence-electron chi connectivity index (χ1n) is 6.07. The van der Waals surface area contributed by atoms with Gasteiger partial charge in [-0.1, -0.05) is 51.3 Å². The van der Waals surface area contributed by atoms with E-state index in [1.165, 1.54) is 16.7 Å². The molecule has 0 N–H and O–H groups in total. The Kier molecular flexibility index (Phi) is 4.60. The lowest BCUT2D eigenvalue weighted by molar-refractivity contribution is 1.13. The van der Waals surface area contributed by atoms with E-state index in [0.29, 0.717) is 0 Å². The summed E-state index contributed by atoms with van der Waals surface area (Å²) in [5.74, 6) is 0. The molecule has 0 aromatic heterocycles. The molecule has 2 aromatic carbocycles. The maximum Gasteiger partial charge on any atom is 0.0661 e. The summed E-state index contributed by atoms with van der Waals surface area (Å²) in [4.78, 5) is 0.0802. The van der Waals surface area contributed by atoms with Crippen LogP contribution in [0.5, 0.6) is 0 Å². The van der Waals surface area contributed by atoms with Crippen LogP contribution in [0.3, 0.4) is 0 Å². The Morgan fingerprint density at radius 2 is 1.47 bits per heavy atom. The molecule has 0 fully saturated rings. The minimum atomic E-state index is 0.0802. The third-order valence-corrected chi connectivity index (χ3v) is 4.94. The summed E-state index contributed by atoms with van der Waals surface area (Å²) in [6, 6.07) is 10.1. The molecule has 2 aromatic rings. The number of hydrogen-bond donors (Lipinski definition) is 0. The fourth-order valence-electron chi connectivity index (χ4n) is 2.09. The summed E-state index contributed by atoms with van der Waals surface area (Å²) in [6.07, 6.45) is 0. The number of benzene rings is 2. The van der Waals surface area contributed by atoms with Crippen molar-refractivity contribution in [2.75, 3.05) is 0 Å². The van der Waals surface area contributed by atoms with Gasteiger partial charge in [0.15, 0.2) is 0 Å². The molecule has 2 rings (SSSR count). The van der Waals surface area contributed by atoms with Gasteiger partial charge >= 0.3 is 0 Å². The van der Waals surface area contributed by atoms with Gasteiger partial charge in [-0.25, -0.2) is 0 Å². The van der Waals surface area contributed by atoms with Crippen LogP contribution in [-0.2, 0) is 0 Å². The van der Waals surface area contributed by atoms with Crippen LogP contribution in [0.25, 0.3) is 0 Å². The number of halogens is 3. The first kappa shape index (κ1) is 14.9. The quantitative estimate of drug-likeness (QED) is 0.545. The predicted molar refractivity (Wildman–Crippen MR) is 87.9 cm³/mol. The Bertz CT molecular complexity index is 620.